The summed E-state index contributed by atoms with van der Waals surface area (Å²) < 4.78 is 5.86. The van der Waals surface area contributed by atoms with Crippen molar-refractivity contribution in [1.29, 1.82) is 0 Å². The number of ether oxygens (including phenoxy) is 1. The Labute approximate surface area is 132 Å². The number of nitrogens with zero attached hydrogens (tertiary/aromatic N) is 1. The van der Waals surface area contributed by atoms with Crippen molar-refractivity contribution in [3.05, 3.63) is 29.8 Å². The molecule has 1 aromatic carbocycles. The van der Waals surface area contributed by atoms with E-state index in [1.165, 1.54) is 19.3 Å². The number of nitrogens with one attached hydrogen (secondary N) is 1. The number of carbonyl (C=O) groups excluding carboxylic acids is 1. The van der Waals surface area contributed by atoms with Gasteiger partial charge in [0.25, 0.3) is 0 Å². The number of likely N-dealkylation sites (N-methyl/N-ethyl adjacent to an activating group) is 1. The lowest BCUT2D eigenvalue weighted by molar-refractivity contribution is -0.120. The molecule has 0 bridgehead atoms. The van der Waals surface area contributed by atoms with E-state index in [4.69, 9.17) is 4.74 Å². The molecule has 1 unspecified atom stereocenters. The van der Waals surface area contributed by atoms with Gasteiger partial charge in [-0.15, -0.1) is 0 Å². The van der Waals surface area contributed by atoms with Crippen molar-refractivity contribution < 1.29 is 9.53 Å². The lowest BCUT2D eigenvalue weighted by Gasteiger charge is -2.30. The van der Waals surface area contributed by atoms with Crippen molar-refractivity contribution in [2.45, 2.75) is 38.2 Å². The summed E-state index contributed by atoms with van der Waals surface area (Å²) in [6, 6.07) is 8.12. The maximum atomic E-state index is 12.4. The second kappa shape index (κ2) is 7.25. The molecule has 1 aliphatic heterocycles. The summed E-state index contributed by atoms with van der Waals surface area (Å²) >= 11 is 0. The molecule has 3 rings (SSSR count). The van der Waals surface area contributed by atoms with Gasteiger partial charge in [-0.25, -0.2) is 0 Å². The molecule has 1 amide bonds. The van der Waals surface area contributed by atoms with Crippen LogP contribution in [0.4, 0.5) is 5.69 Å². The van der Waals surface area contributed by atoms with E-state index in [0.29, 0.717) is 0 Å². The van der Waals surface area contributed by atoms with E-state index in [1.807, 2.05) is 12.1 Å². The molecule has 1 saturated heterocycles. The topological polar surface area (TPSA) is 41.6 Å². The van der Waals surface area contributed by atoms with E-state index in [0.717, 1.165) is 43.8 Å². The van der Waals surface area contributed by atoms with Gasteiger partial charge in [-0.1, -0.05) is 31.4 Å². The highest BCUT2D eigenvalue weighted by Gasteiger charge is 2.22. The van der Waals surface area contributed by atoms with Gasteiger partial charge in [-0.3, -0.25) is 4.79 Å². The van der Waals surface area contributed by atoms with Crippen LogP contribution < -0.4 is 5.32 Å². The Kier molecular flexibility index (Phi) is 5.11. The van der Waals surface area contributed by atoms with E-state index in [1.54, 1.807) is 0 Å². The molecule has 22 heavy (non-hydrogen) atoms. The Morgan fingerprint density at radius 2 is 2.09 bits per heavy atom. The van der Waals surface area contributed by atoms with Crippen LogP contribution in [0.25, 0.3) is 0 Å². The third kappa shape index (κ3) is 3.87. The Hall–Kier alpha value is -1.39. The smallest absolute Gasteiger partial charge is 0.227 e. The molecular weight excluding hydrogens is 276 g/mol. The highest BCUT2D eigenvalue weighted by atomic mass is 16.5. The summed E-state index contributed by atoms with van der Waals surface area (Å²) in [7, 11) is 2.12. The van der Waals surface area contributed by atoms with Gasteiger partial charge in [0.15, 0.2) is 0 Å². The normalized spacial score (nSPS) is 24.1. The quantitative estimate of drug-likeness (QED) is 0.932. The summed E-state index contributed by atoms with van der Waals surface area (Å²) in [6.45, 7) is 2.65. The van der Waals surface area contributed by atoms with Gasteiger partial charge in [0.1, 0.15) is 0 Å². The molecule has 2 fully saturated rings. The molecule has 4 heteroatoms. The summed E-state index contributed by atoms with van der Waals surface area (Å²) in [5, 5.41) is 3.09. The van der Waals surface area contributed by atoms with Gasteiger partial charge in [-0.05, 0) is 37.6 Å². The lowest BCUT2D eigenvalue weighted by atomic mass is 9.88. The molecule has 1 saturated carbocycles. The molecule has 1 aliphatic carbocycles. The zero-order chi connectivity index (χ0) is 15.4. The Morgan fingerprint density at radius 3 is 2.86 bits per heavy atom. The van der Waals surface area contributed by atoms with Crippen LogP contribution in [0.2, 0.25) is 0 Å². The standard InChI is InChI=1S/C18H26N2O2/c1-20-10-11-22-17(13-20)15-8-5-9-16(12-15)19-18(21)14-6-3-2-4-7-14/h5,8-9,12,14,17H,2-4,6-7,10-11,13H2,1H3,(H,19,21). The maximum absolute atomic E-state index is 12.4. The van der Waals surface area contributed by atoms with E-state index in [9.17, 15) is 4.79 Å². The van der Waals surface area contributed by atoms with Crippen LogP contribution >= 0.6 is 0 Å². The van der Waals surface area contributed by atoms with Crippen molar-refractivity contribution in [2.24, 2.45) is 5.92 Å². The van der Waals surface area contributed by atoms with Crippen molar-refractivity contribution in [2.75, 3.05) is 32.1 Å². The molecule has 1 aromatic rings. The fourth-order valence-electron chi connectivity index (χ4n) is 3.41. The van der Waals surface area contributed by atoms with Crippen molar-refractivity contribution in [1.82, 2.24) is 4.90 Å². The monoisotopic (exact) mass is 302 g/mol. The Balaban J connectivity index is 1.64. The van der Waals surface area contributed by atoms with Crippen molar-refractivity contribution in [3.63, 3.8) is 0 Å². The molecule has 2 aliphatic rings. The third-order valence-corrected chi connectivity index (χ3v) is 4.77. The second-order valence-corrected chi connectivity index (χ2v) is 6.57. The minimum Gasteiger partial charge on any atom is -0.371 e. The molecule has 1 atom stereocenters. The molecule has 0 aromatic heterocycles. The van der Waals surface area contributed by atoms with Crippen LogP contribution in [-0.2, 0) is 9.53 Å². The zero-order valence-corrected chi connectivity index (χ0v) is 13.4. The van der Waals surface area contributed by atoms with Gasteiger partial charge >= 0.3 is 0 Å². The summed E-state index contributed by atoms with van der Waals surface area (Å²) in [4.78, 5) is 14.6. The minimum absolute atomic E-state index is 0.102. The van der Waals surface area contributed by atoms with Crippen LogP contribution in [0.1, 0.15) is 43.8 Å². The van der Waals surface area contributed by atoms with Crippen LogP contribution in [0, 0.1) is 5.92 Å². The van der Waals surface area contributed by atoms with Crippen LogP contribution in [0.5, 0.6) is 0 Å². The number of hydrogen-bond donors (Lipinski definition) is 1. The fraction of sp³-hybridized carbons (Fsp3) is 0.611. The van der Waals surface area contributed by atoms with E-state index in [2.05, 4.69) is 29.4 Å². The molecule has 4 nitrogen and oxygen atoms in total. The summed E-state index contributed by atoms with van der Waals surface area (Å²) in [6.07, 6.45) is 5.79. The summed E-state index contributed by atoms with van der Waals surface area (Å²) in [5.41, 5.74) is 2.04. The third-order valence-electron chi connectivity index (χ3n) is 4.77. The predicted octanol–water partition coefficient (Wildman–Crippen LogP) is 3.21. The molecule has 0 radical (unpaired) electrons. The number of rotatable bonds is 3. The first-order valence-electron chi connectivity index (χ1n) is 8.43. The summed E-state index contributed by atoms with van der Waals surface area (Å²) in [5.74, 6) is 0.369. The lowest BCUT2D eigenvalue weighted by Crippen LogP contribution is -2.35. The van der Waals surface area contributed by atoms with E-state index < -0.39 is 0 Å². The fourth-order valence-corrected chi connectivity index (χ4v) is 3.41. The molecular formula is C18H26N2O2. The molecule has 120 valence electrons. The highest BCUT2D eigenvalue weighted by Crippen LogP contribution is 2.27. The number of anilines is 1. The largest absolute Gasteiger partial charge is 0.371 e. The van der Waals surface area contributed by atoms with Crippen LogP contribution in [0.15, 0.2) is 24.3 Å². The first kappa shape index (κ1) is 15.5. The minimum atomic E-state index is 0.102. The van der Waals surface area contributed by atoms with Gasteiger partial charge in [-0.2, -0.15) is 0 Å². The zero-order valence-electron chi connectivity index (χ0n) is 13.4. The number of hydrogen-bond acceptors (Lipinski definition) is 3. The number of benzene rings is 1. The van der Waals surface area contributed by atoms with Crippen LogP contribution in [0.3, 0.4) is 0 Å². The van der Waals surface area contributed by atoms with Crippen LogP contribution in [-0.4, -0.2) is 37.6 Å². The average Bonchev–Trinajstić information content (AvgIpc) is 2.56. The van der Waals surface area contributed by atoms with E-state index in [-0.39, 0.29) is 17.9 Å². The highest BCUT2D eigenvalue weighted by molar-refractivity contribution is 5.92. The van der Waals surface area contributed by atoms with E-state index >= 15 is 0 Å². The van der Waals surface area contributed by atoms with Gasteiger partial charge in [0.2, 0.25) is 5.91 Å². The molecule has 0 spiro atoms. The van der Waals surface area contributed by atoms with Crippen molar-refractivity contribution in [3.8, 4) is 0 Å². The molecule has 1 heterocycles. The molecule has 1 N–H and O–H groups in total. The van der Waals surface area contributed by atoms with Gasteiger partial charge in [0, 0.05) is 24.7 Å². The first-order valence-corrected chi connectivity index (χ1v) is 8.43. The first-order chi connectivity index (χ1) is 10.7. The number of carbonyl (C=O) groups is 1. The van der Waals surface area contributed by atoms with Gasteiger partial charge < -0.3 is 15.0 Å². The number of amides is 1. The maximum Gasteiger partial charge on any atom is 0.227 e. The SMILES string of the molecule is CN1CCOC(c2cccc(NC(=O)C3CCCCC3)c2)C1. The van der Waals surface area contributed by atoms with Crippen molar-refractivity contribution >= 4 is 11.6 Å². The van der Waals surface area contributed by atoms with Gasteiger partial charge in [0.05, 0.1) is 12.7 Å². The second-order valence-electron chi connectivity index (χ2n) is 6.57. The Bertz CT molecular complexity index is 512. The average molecular weight is 302 g/mol. The number of morpholine rings is 1. The predicted molar refractivity (Wildman–Crippen MR) is 87.8 cm³/mol. The Morgan fingerprint density at radius 1 is 1.27 bits per heavy atom.